The lowest BCUT2D eigenvalue weighted by Gasteiger charge is -2.27. The molecule has 0 aliphatic carbocycles. The molecule has 1 fully saturated rings. The fourth-order valence-corrected chi connectivity index (χ4v) is 2.54. The molecule has 2 heterocycles. The first-order valence-electron chi connectivity index (χ1n) is 5.15. The van der Waals surface area contributed by atoms with Gasteiger partial charge in [0.1, 0.15) is 0 Å². The van der Waals surface area contributed by atoms with Crippen molar-refractivity contribution in [3.8, 4) is 0 Å². The Morgan fingerprint density at radius 2 is 2.57 bits per heavy atom. The molecule has 78 valence electrons. The molecule has 0 aromatic carbocycles. The molecule has 1 aliphatic rings. The fraction of sp³-hybridized carbons (Fsp3) is 0.700. The highest BCUT2D eigenvalue weighted by Crippen LogP contribution is 2.15. The van der Waals surface area contributed by atoms with Crippen molar-refractivity contribution < 1.29 is 5.11 Å². The van der Waals surface area contributed by atoms with Crippen molar-refractivity contribution in [2.45, 2.75) is 37.8 Å². The summed E-state index contributed by atoms with van der Waals surface area (Å²) in [4.78, 5) is 5.18. The first kappa shape index (κ1) is 10.1. The summed E-state index contributed by atoms with van der Waals surface area (Å²) in [6.45, 7) is 1.05. The molecule has 0 spiro atoms. The third-order valence-corrected chi connectivity index (χ3v) is 3.51. The largest absolute Gasteiger partial charge is 0.391 e. The first-order valence-corrected chi connectivity index (χ1v) is 6.03. The lowest BCUT2D eigenvalue weighted by molar-refractivity contribution is 0.114. The van der Waals surface area contributed by atoms with Crippen LogP contribution in [0.1, 0.15) is 24.1 Å². The maximum atomic E-state index is 9.96. The summed E-state index contributed by atoms with van der Waals surface area (Å²) in [5.41, 5.74) is 1.82. The molecule has 3 nitrogen and oxygen atoms in total. The van der Waals surface area contributed by atoms with Crippen LogP contribution in [0.15, 0.2) is 11.7 Å². The topological polar surface area (TPSA) is 45.2 Å². The minimum absolute atomic E-state index is 0.254. The zero-order valence-corrected chi connectivity index (χ0v) is 8.96. The molecule has 1 aliphatic heterocycles. The van der Waals surface area contributed by atoms with Crippen molar-refractivity contribution in [1.82, 2.24) is 10.3 Å². The lowest BCUT2D eigenvalue weighted by atomic mass is 9.98. The highest BCUT2D eigenvalue weighted by Gasteiger charge is 2.21. The molecule has 2 unspecified atom stereocenters. The van der Waals surface area contributed by atoms with E-state index < -0.39 is 0 Å². The maximum absolute atomic E-state index is 9.96. The second-order valence-corrected chi connectivity index (χ2v) is 4.77. The Hall–Kier alpha value is -0.450. The average Bonchev–Trinajstić information content (AvgIpc) is 2.72. The molecular weight excluding hydrogens is 196 g/mol. The van der Waals surface area contributed by atoms with Crippen LogP contribution in [-0.4, -0.2) is 28.8 Å². The highest BCUT2D eigenvalue weighted by molar-refractivity contribution is 7.09. The number of rotatable bonds is 3. The summed E-state index contributed by atoms with van der Waals surface area (Å²) >= 11 is 1.62. The normalized spacial score (nSPS) is 24.8. The minimum Gasteiger partial charge on any atom is -0.391 e. The van der Waals surface area contributed by atoms with E-state index in [4.69, 9.17) is 0 Å². The van der Waals surface area contributed by atoms with Gasteiger partial charge in [-0.1, -0.05) is 6.42 Å². The monoisotopic (exact) mass is 212 g/mol. The van der Waals surface area contributed by atoms with Crippen LogP contribution in [0.2, 0.25) is 0 Å². The van der Waals surface area contributed by atoms with Crippen LogP contribution in [0.25, 0.3) is 0 Å². The Morgan fingerprint density at radius 3 is 3.21 bits per heavy atom. The molecule has 0 bridgehead atoms. The van der Waals surface area contributed by atoms with Gasteiger partial charge in [-0.05, 0) is 19.4 Å². The zero-order chi connectivity index (χ0) is 9.80. The molecule has 1 saturated heterocycles. The van der Waals surface area contributed by atoms with Gasteiger partial charge in [0, 0.05) is 23.5 Å². The van der Waals surface area contributed by atoms with Crippen molar-refractivity contribution in [1.29, 1.82) is 0 Å². The number of aliphatic hydroxyl groups is 1. The SMILES string of the molecule is OC(Cc1cncs1)C1CCCCN1. The zero-order valence-electron chi connectivity index (χ0n) is 8.15. The van der Waals surface area contributed by atoms with Gasteiger partial charge in [0.25, 0.3) is 0 Å². The van der Waals surface area contributed by atoms with E-state index in [1.165, 1.54) is 17.7 Å². The van der Waals surface area contributed by atoms with Gasteiger partial charge in [0.2, 0.25) is 0 Å². The summed E-state index contributed by atoms with van der Waals surface area (Å²) in [6.07, 6.45) is 5.90. The predicted molar refractivity (Wildman–Crippen MR) is 57.5 cm³/mol. The van der Waals surface area contributed by atoms with E-state index in [1.807, 2.05) is 11.7 Å². The third-order valence-electron chi connectivity index (χ3n) is 2.71. The molecule has 2 rings (SSSR count). The second-order valence-electron chi connectivity index (χ2n) is 3.80. The Balaban J connectivity index is 1.85. The number of aliphatic hydroxyl groups excluding tert-OH is 1. The van der Waals surface area contributed by atoms with E-state index in [2.05, 4.69) is 10.3 Å². The van der Waals surface area contributed by atoms with Gasteiger partial charge >= 0.3 is 0 Å². The molecule has 0 radical (unpaired) electrons. The Labute approximate surface area is 88.2 Å². The van der Waals surface area contributed by atoms with Crippen LogP contribution in [-0.2, 0) is 6.42 Å². The summed E-state index contributed by atoms with van der Waals surface area (Å²) in [5, 5.41) is 13.3. The number of hydrogen-bond acceptors (Lipinski definition) is 4. The number of hydrogen-bond donors (Lipinski definition) is 2. The van der Waals surface area contributed by atoms with Crippen molar-refractivity contribution >= 4 is 11.3 Å². The van der Waals surface area contributed by atoms with Gasteiger partial charge in [-0.2, -0.15) is 0 Å². The second kappa shape index (κ2) is 4.87. The number of aromatic nitrogens is 1. The van der Waals surface area contributed by atoms with E-state index in [9.17, 15) is 5.11 Å². The molecule has 2 N–H and O–H groups in total. The van der Waals surface area contributed by atoms with Gasteiger partial charge in [0.05, 0.1) is 11.6 Å². The minimum atomic E-state index is -0.254. The fourth-order valence-electron chi connectivity index (χ4n) is 1.90. The molecule has 0 amide bonds. The molecule has 1 aromatic rings. The van der Waals surface area contributed by atoms with E-state index in [-0.39, 0.29) is 12.1 Å². The molecule has 2 atom stereocenters. The summed E-state index contributed by atoms with van der Waals surface area (Å²) in [5.74, 6) is 0. The molecule has 1 aromatic heterocycles. The number of piperidine rings is 1. The standard InChI is InChI=1S/C10H16N2OS/c13-10(5-8-6-11-7-14-8)9-3-1-2-4-12-9/h6-7,9-10,12-13H,1-5H2. The third kappa shape index (κ3) is 2.53. The van der Waals surface area contributed by atoms with E-state index in [0.29, 0.717) is 0 Å². The van der Waals surface area contributed by atoms with Gasteiger partial charge < -0.3 is 10.4 Å². The highest BCUT2D eigenvalue weighted by atomic mass is 32.1. The van der Waals surface area contributed by atoms with Crippen LogP contribution in [0.5, 0.6) is 0 Å². The molecule has 4 heteroatoms. The number of thiazole rings is 1. The lowest BCUT2D eigenvalue weighted by Crippen LogP contribution is -2.43. The van der Waals surface area contributed by atoms with Crippen LogP contribution in [0.4, 0.5) is 0 Å². The van der Waals surface area contributed by atoms with Crippen molar-refractivity contribution in [2.24, 2.45) is 0 Å². The Morgan fingerprint density at radius 1 is 1.64 bits per heavy atom. The first-order chi connectivity index (χ1) is 6.86. The predicted octanol–water partition coefficient (Wildman–Crippen LogP) is 1.19. The summed E-state index contributed by atoms with van der Waals surface area (Å²) in [6, 6.07) is 0.283. The van der Waals surface area contributed by atoms with Gasteiger partial charge in [-0.3, -0.25) is 4.98 Å². The maximum Gasteiger partial charge on any atom is 0.0794 e. The van der Waals surface area contributed by atoms with Crippen LogP contribution in [0, 0.1) is 0 Å². The smallest absolute Gasteiger partial charge is 0.0794 e. The molecule has 0 saturated carbocycles. The summed E-state index contributed by atoms with van der Waals surface area (Å²) < 4.78 is 0. The van der Waals surface area contributed by atoms with Crippen molar-refractivity contribution in [3.05, 3.63) is 16.6 Å². The molecular formula is C10H16N2OS. The Kier molecular flexibility index (Phi) is 3.50. The number of nitrogens with one attached hydrogen (secondary N) is 1. The van der Waals surface area contributed by atoms with E-state index in [1.54, 1.807) is 11.3 Å². The van der Waals surface area contributed by atoms with Crippen molar-refractivity contribution in [3.63, 3.8) is 0 Å². The summed E-state index contributed by atoms with van der Waals surface area (Å²) in [7, 11) is 0. The van der Waals surface area contributed by atoms with Gasteiger partial charge in [0.15, 0.2) is 0 Å². The van der Waals surface area contributed by atoms with Crippen molar-refractivity contribution in [2.75, 3.05) is 6.54 Å². The number of nitrogens with zero attached hydrogens (tertiary/aromatic N) is 1. The van der Waals surface area contributed by atoms with E-state index >= 15 is 0 Å². The van der Waals surface area contributed by atoms with E-state index in [0.717, 1.165) is 19.4 Å². The average molecular weight is 212 g/mol. The molecule has 14 heavy (non-hydrogen) atoms. The van der Waals surface area contributed by atoms with Crippen LogP contribution < -0.4 is 5.32 Å². The quantitative estimate of drug-likeness (QED) is 0.791. The van der Waals surface area contributed by atoms with Gasteiger partial charge in [-0.15, -0.1) is 11.3 Å². The van der Waals surface area contributed by atoms with Crippen LogP contribution >= 0.6 is 11.3 Å². The van der Waals surface area contributed by atoms with Crippen LogP contribution in [0.3, 0.4) is 0 Å². The van der Waals surface area contributed by atoms with Gasteiger partial charge in [-0.25, -0.2) is 0 Å². The Bertz CT molecular complexity index is 257.